The van der Waals surface area contributed by atoms with Crippen LogP contribution in [-0.4, -0.2) is 59.1 Å². The summed E-state index contributed by atoms with van der Waals surface area (Å²) in [4.78, 5) is 16.2. The number of carbonyl (C=O) groups excluding carboxylic acids is 1. The number of hydrogen-bond donors (Lipinski definition) is 1. The van der Waals surface area contributed by atoms with E-state index in [0.29, 0.717) is 32.7 Å². The molecule has 0 aromatic heterocycles. The van der Waals surface area contributed by atoms with E-state index in [-0.39, 0.29) is 11.5 Å². The molecule has 1 heterocycles. The molecule has 1 aromatic rings. The summed E-state index contributed by atoms with van der Waals surface area (Å²) in [5.41, 5.74) is -0.521. The van der Waals surface area contributed by atoms with Gasteiger partial charge in [-0.2, -0.15) is 0 Å². The predicted molar refractivity (Wildman–Crippen MR) is 84.3 cm³/mol. The number of carbonyl (C=O) groups is 1. The zero-order chi connectivity index (χ0) is 16.2. The Labute approximate surface area is 131 Å². The quantitative estimate of drug-likeness (QED) is 0.906. The number of β-amino-alcohol motifs (C(OH)–C–C–N with tert-alkyl or cyclic N) is 1. The zero-order valence-corrected chi connectivity index (χ0v) is 13.4. The van der Waals surface area contributed by atoms with E-state index in [1.54, 1.807) is 17.0 Å². The minimum absolute atomic E-state index is 0.134. The van der Waals surface area contributed by atoms with Gasteiger partial charge in [0.25, 0.3) is 5.91 Å². The van der Waals surface area contributed by atoms with Crippen LogP contribution in [-0.2, 0) is 0 Å². The third-order valence-electron chi connectivity index (χ3n) is 4.60. The highest BCUT2D eigenvalue weighted by atomic mass is 19.1. The number of amides is 1. The SMILES string of the molecule is CCC(O)(CC)CN1CCN(C(=O)c2ccccc2F)CC1. The lowest BCUT2D eigenvalue weighted by Gasteiger charge is -2.39. The highest BCUT2D eigenvalue weighted by Crippen LogP contribution is 2.18. The van der Waals surface area contributed by atoms with Crippen molar-refractivity contribution in [1.29, 1.82) is 0 Å². The lowest BCUT2D eigenvalue weighted by atomic mass is 9.96. The fourth-order valence-corrected chi connectivity index (χ4v) is 2.80. The molecule has 1 aliphatic heterocycles. The summed E-state index contributed by atoms with van der Waals surface area (Å²) in [7, 11) is 0. The van der Waals surface area contributed by atoms with E-state index < -0.39 is 11.4 Å². The van der Waals surface area contributed by atoms with Crippen molar-refractivity contribution in [3.05, 3.63) is 35.6 Å². The number of halogens is 1. The number of nitrogens with zero attached hydrogens (tertiary/aromatic N) is 2. The fourth-order valence-electron chi connectivity index (χ4n) is 2.80. The summed E-state index contributed by atoms with van der Waals surface area (Å²) in [5.74, 6) is -0.722. The van der Waals surface area contributed by atoms with Gasteiger partial charge in [0.2, 0.25) is 0 Å². The Hall–Kier alpha value is -1.46. The monoisotopic (exact) mass is 308 g/mol. The van der Waals surface area contributed by atoms with Crippen LogP contribution >= 0.6 is 0 Å². The molecule has 5 heteroatoms. The van der Waals surface area contributed by atoms with E-state index in [2.05, 4.69) is 4.90 Å². The Morgan fingerprint density at radius 2 is 1.77 bits per heavy atom. The van der Waals surface area contributed by atoms with Crippen molar-refractivity contribution in [3.63, 3.8) is 0 Å². The second-order valence-electron chi connectivity index (χ2n) is 5.98. The van der Waals surface area contributed by atoms with E-state index in [1.165, 1.54) is 12.1 Å². The third kappa shape index (κ3) is 3.84. The van der Waals surface area contributed by atoms with Crippen LogP contribution in [0.15, 0.2) is 24.3 Å². The topological polar surface area (TPSA) is 43.8 Å². The Morgan fingerprint density at radius 1 is 1.18 bits per heavy atom. The van der Waals surface area contributed by atoms with Crippen LogP contribution in [0, 0.1) is 5.82 Å². The van der Waals surface area contributed by atoms with Gasteiger partial charge >= 0.3 is 0 Å². The molecule has 2 rings (SSSR count). The van der Waals surface area contributed by atoms with Gasteiger partial charge in [-0.1, -0.05) is 26.0 Å². The van der Waals surface area contributed by atoms with E-state index in [4.69, 9.17) is 0 Å². The number of benzene rings is 1. The Bertz CT molecular complexity index is 509. The molecular formula is C17H25FN2O2. The second kappa shape index (κ2) is 7.20. The number of piperazine rings is 1. The highest BCUT2D eigenvalue weighted by Gasteiger charge is 2.29. The maximum atomic E-state index is 13.7. The van der Waals surface area contributed by atoms with Gasteiger partial charge in [0, 0.05) is 32.7 Å². The van der Waals surface area contributed by atoms with E-state index >= 15 is 0 Å². The van der Waals surface area contributed by atoms with Crippen molar-refractivity contribution in [2.75, 3.05) is 32.7 Å². The number of rotatable bonds is 5. The van der Waals surface area contributed by atoms with E-state index in [9.17, 15) is 14.3 Å². The molecule has 0 unspecified atom stereocenters. The first kappa shape index (κ1) is 16.9. The van der Waals surface area contributed by atoms with Crippen LogP contribution in [0.4, 0.5) is 4.39 Å². The maximum Gasteiger partial charge on any atom is 0.256 e. The summed E-state index contributed by atoms with van der Waals surface area (Å²) in [6, 6.07) is 6.10. The van der Waals surface area contributed by atoms with Gasteiger partial charge in [-0.05, 0) is 25.0 Å². The number of hydrogen-bond acceptors (Lipinski definition) is 3. The molecule has 22 heavy (non-hydrogen) atoms. The van der Waals surface area contributed by atoms with E-state index in [1.807, 2.05) is 13.8 Å². The normalized spacial score (nSPS) is 16.8. The first-order valence-corrected chi connectivity index (χ1v) is 7.97. The van der Waals surface area contributed by atoms with E-state index in [0.717, 1.165) is 12.8 Å². The number of aliphatic hydroxyl groups is 1. The Kier molecular flexibility index (Phi) is 5.53. The van der Waals surface area contributed by atoms with Gasteiger partial charge in [-0.3, -0.25) is 9.69 Å². The minimum Gasteiger partial charge on any atom is -0.389 e. The Balaban J connectivity index is 1.92. The molecule has 1 aromatic carbocycles. The first-order chi connectivity index (χ1) is 10.5. The third-order valence-corrected chi connectivity index (χ3v) is 4.60. The average molecular weight is 308 g/mol. The second-order valence-corrected chi connectivity index (χ2v) is 5.98. The molecule has 1 amide bonds. The summed E-state index contributed by atoms with van der Waals surface area (Å²) in [6.45, 7) is 7.16. The minimum atomic E-state index is -0.655. The summed E-state index contributed by atoms with van der Waals surface area (Å²) < 4.78 is 13.7. The van der Waals surface area contributed by atoms with Gasteiger partial charge in [0.05, 0.1) is 11.2 Å². The van der Waals surface area contributed by atoms with Gasteiger partial charge in [0.1, 0.15) is 5.82 Å². The molecule has 0 aliphatic carbocycles. The molecule has 0 bridgehead atoms. The fraction of sp³-hybridized carbons (Fsp3) is 0.588. The first-order valence-electron chi connectivity index (χ1n) is 7.97. The van der Waals surface area contributed by atoms with Crippen molar-refractivity contribution in [2.45, 2.75) is 32.3 Å². The van der Waals surface area contributed by atoms with Gasteiger partial charge in [-0.15, -0.1) is 0 Å². The van der Waals surface area contributed by atoms with Crippen molar-refractivity contribution in [2.24, 2.45) is 0 Å². The molecular weight excluding hydrogens is 283 g/mol. The molecule has 1 saturated heterocycles. The standard InChI is InChI=1S/C17H25FN2O2/c1-3-17(22,4-2)13-19-9-11-20(12-10-19)16(21)14-7-5-6-8-15(14)18/h5-8,22H,3-4,9-13H2,1-2H3. The van der Waals surface area contributed by atoms with Crippen LogP contribution in [0.3, 0.4) is 0 Å². The van der Waals surface area contributed by atoms with Gasteiger partial charge in [0.15, 0.2) is 0 Å². The zero-order valence-electron chi connectivity index (χ0n) is 13.4. The van der Waals surface area contributed by atoms with Crippen LogP contribution in [0.25, 0.3) is 0 Å². The Morgan fingerprint density at radius 3 is 2.32 bits per heavy atom. The highest BCUT2D eigenvalue weighted by molar-refractivity contribution is 5.94. The molecule has 1 N–H and O–H groups in total. The molecule has 0 radical (unpaired) electrons. The summed E-state index contributed by atoms with van der Waals surface area (Å²) >= 11 is 0. The lowest BCUT2D eigenvalue weighted by Crippen LogP contribution is -2.53. The molecule has 122 valence electrons. The van der Waals surface area contributed by atoms with Crippen molar-refractivity contribution in [3.8, 4) is 0 Å². The molecule has 1 fully saturated rings. The van der Waals surface area contributed by atoms with Gasteiger partial charge in [-0.25, -0.2) is 4.39 Å². The van der Waals surface area contributed by atoms with Crippen LogP contribution < -0.4 is 0 Å². The lowest BCUT2D eigenvalue weighted by molar-refractivity contribution is -0.0139. The predicted octanol–water partition coefficient (Wildman–Crippen LogP) is 2.13. The largest absolute Gasteiger partial charge is 0.389 e. The molecule has 0 saturated carbocycles. The van der Waals surface area contributed by atoms with Crippen LogP contribution in [0.1, 0.15) is 37.0 Å². The van der Waals surface area contributed by atoms with Gasteiger partial charge < -0.3 is 10.0 Å². The average Bonchev–Trinajstić information content (AvgIpc) is 2.55. The van der Waals surface area contributed by atoms with Crippen molar-refractivity contribution in [1.82, 2.24) is 9.80 Å². The summed E-state index contributed by atoms with van der Waals surface area (Å²) in [5, 5.41) is 10.4. The molecule has 4 nitrogen and oxygen atoms in total. The summed E-state index contributed by atoms with van der Waals surface area (Å²) in [6.07, 6.45) is 1.44. The smallest absolute Gasteiger partial charge is 0.256 e. The maximum absolute atomic E-state index is 13.7. The van der Waals surface area contributed by atoms with Crippen molar-refractivity contribution >= 4 is 5.91 Å². The molecule has 0 atom stereocenters. The van der Waals surface area contributed by atoms with Crippen LogP contribution in [0.5, 0.6) is 0 Å². The van der Waals surface area contributed by atoms with Crippen molar-refractivity contribution < 1.29 is 14.3 Å². The molecule has 0 spiro atoms. The van der Waals surface area contributed by atoms with Crippen LogP contribution in [0.2, 0.25) is 0 Å². The molecule has 1 aliphatic rings.